The zero-order chi connectivity index (χ0) is 29.9. The smallest absolute Gasteiger partial charge is 0.310 e. The van der Waals surface area contributed by atoms with Crippen LogP contribution in [0.25, 0.3) is 21.5 Å². The summed E-state index contributed by atoms with van der Waals surface area (Å²) in [5.41, 5.74) is 3.21. The number of fused-ring (bicyclic) bond motifs is 2. The largest absolute Gasteiger partial charge is 0.489 e. The van der Waals surface area contributed by atoms with Crippen LogP contribution in [0.5, 0.6) is 11.5 Å². The van der Waals surface area contributed by atoms with Crippen molar-refractivity contribution in [1.29, 1.82) is 0 Å². The number of carbonyl (C=O) groups excluding carboxylic acids is 1. The van der Waals surface area contributed by atoms with Crippen LogP contribution in [-0.4, -0.2) is 12.6 Å². The highest BCUT2D eigenvalue weighted by Crippen LogP contribution is 2.30. The minimum Gasteiger partial charge on any atom is -0.489 e. The Bertz CT molecular complexity index is 1790. The van der Waals surface area contributed by atoms with E-state index in [1.165, 1.54) is 16.3 Å². The van der Waals surface area contributed by atoms with Crippen LogP contribution in [0.2, 0.25) is 0 Å². The second kappa shape index (κ2) is 15.0. The van der Waals surface area contributed by atoms with Gasteiger partial charge in [-0.15, -0.1) is 0 Å². The minimum absolute atomic E-state index is 0.220. The monoisotopic (exact) mass is 632 g/mol. The molecule has 43 heavy (non-hydrogen) atoms. The van der Waals surface area contributed by atoms with Crippen molar-refractivity contribution in [3.63, 3.8) is 0 Å². The van der Waals surface area contributed by atoms with Crippen LogP contribution in [0.4, 0.5) is 0 Å². The average Bonchev–Trinajstić information content (AvgIpc) is 3.04. The molecule has 0 radical (unpaired) electrons. The summed E-state index contributed by atoms with van der Waals surface area (Å²) < 4.78 is 17.9. The van der Waals surface area contributed by atoms with Gasteiger partial charge in [0.25, 0.3) is 0 Å². The number of hydrogen-bond acceptors (Lipinski definition) is 4. The Kier molecular flexibility index (Phi) is 10.4. The van der Waals surface area contributed by atoms with Gasteiger partial charge in [0.2, 0.25) is 0 Å². The lowest BCUT2D eigenvalue weighted by Crippen LogP contribution is -2.08. The van der Waals surface area contributed by atoms with Crippen molar-refractivity contribution in [2.24, 2.45) is 0 Å². The van der Waals surface area contributed by atoms with Gasteiger partial charge in [-0.2, -0.15) is 0 Å². The zero-order valence-corrected chi connectivity index (χ0v) is 25.6. The van der Waals surface area contributed by atoms with Gasteiger partial charge in [0.15, 0.2) is 0 Å². The summed E-state index contributed by atoms with van der Waals surface area (Å²) in [6.45, 7) is 3.29. The molecule has 6 rings (SSSR count). The molecule has 0 spiro atoms. The molecule has 4 nitrogen and oxygen atoms in total. The van der Waals surface area contributed by atoms with E-state index < -0.39 is 0 Å². The molecule has 0 aliphatic heterocycles. The molecule has 216 valence electrons. The molecule has 0 fully saturated rings. The number of rotatable bonds is 9. The number of halogens is 1. The molecule has 6 aromatic rings. The van der Waals surface area contributed by atoms with E-state index in [1.54, 1.807) is 0 Å². The maximum atomic E-state index is 11.9. The fraction of sp³-hybridized carbons (Fsp3) is 0.132. The number of hydrogen-bond donors (Lipinski definition) is 0. The van der Waals surface area contributed by atoms with Gasteiger partial charge >= 0.3 is 5.97 Å². The summed E-state index contributed by atoms with van der Waals surface area (Å²) in [7, 11) is 0. The molecule has 0 aromatic heterocycles. The predicted octanol–water partition coefficient (Wildman–Crippen LogP) is 9.71. The Morgan fingerprint density at radius 2 is 1.09 bits per heavy atom. The standard InChI is InChI=1S/C21H20O3.C17H13BrO/c1-2-23-21(22)14-18-13-19(12-17-10-6-7-11-20(17)18)24-15-16-8-4-3-5-9-16;18-17-11-15(10-14-8-4-5-9-16(14)17)19-12-13-6-2-1-3-7-13/h3-13H,2,14-15H2,1H3;1-11H,12H2. The van der Waals surface area contributed by atoms with Crippen molar-refractivity contribution >= 4 is 43.4 Å². The second-order valence-corrected chi connectivity index (χ2v) is 10.8. The van der Waals surface area contributed by atoms with Gasteiger partial charge in [-0.05, 0) is 69.4 Å². The van der Waals surface area contributed by atoms with Crippen molar-refractivity contribution in [3.8, 4) is 11.5 Å². The second-order valence-electron chi connectivity index (χ2n) is 9.96. The van der Waals surface area contributed by atoms with Crippen LogP contribution in [0.15, 0.2) is 138 Å². The summed E-state index contributed by atoms with van der Waals surface area (Å²) >= 11 is 3.59. The summed E-state index contributed by atoms with van der Waals surface area (Å²) in [5.74, 6) is 1.43. The van der Waals surface area contributed by atoms with Gasteiger partial charge in [-0.1, -0.05) is 125 Å². The highest BCUT2D eigenvalue weighted by Gasteiger charge is 2.10. The molecule has 0 atom stereocenters. The lowest BCUT2D eigenvalue weighted by atomic mass is 10.0. The van der Waals surface area contributed by atoms with E-state index in [2.05, 4.69) is 46.3 Å². The fourth-order valence-corrected chi connectivity index (χ4v) is 5.35. The summed E-state index contributed by atoms with van der Waals surface area (Å²) in [6, 6.07) is 44.5. The van der Waals surface area contributed by atoms with Crippen LogP contribution < -0.4 is 9.47 Å². The quantitative estimate of drug-likeness (QED) is 0.149. The van der Waals surface area contributed by atoms with Crippen molar-refractivity contribution in [2.75, 3.05) is 6.61 Å². The van der Waals surface area contributed by atoms with E-state index in [0.717, 1.165) is 37.9 Å². The summed E-state index contributed by atoms with van der Waals surface area (Å²) in [4.78, 5) is 11.9. The topological polar surface area (TPSA) is 44.8 Å². The molecule has 0 aliphatic rings. The van der Waals surface area contributed by atoms with Crippen LogP contribution in [0.3, 0.4) is 0 Å². The number of benzene rings is 6. The van der Waals surface area contributed by atoms with Crippen LogP contribution in [0.1, 0.15) is 23.6 Å². The van der Waals surface area contributed by atoms with Gasteiger partial charge in [0.05, 0.1) is 13.0 Å². The molecule has 0 bridgehead atoms. The lowest BCUT2D eigenvalue weighted by Gasteiger charge is -2.12. The molecule has 6 aromatic carbocycles. The molecule has 0 saturated carbocycles. The third kappa shape index (κ3) is 8.46. The molecule has 0 heterocycles. The number of ether oxygens (including phenoxy) is 3. The molecule has 0 aliphatic carbocycles. The van der Waals surface area contributed by atoms with Gasteiger partial charge in [-0.3, -0.25) is 4.79 Å². The predicted molar refractivity (Wildman–Crippen MR) is 177 cm³/mol. The molecule has 0 amide bonds. The first-order chi connectivity index (χ1) is 21.1. The summed E-state index contributed by atoms with van der Waals surface area (Å²) in [5, 5.41) is 4.49. The molecule has 0 unspecified atom stereocenters. The van der Waals surface area contributed by atoms with Crippen LogP contribution in [-0.2, 0) is 29.2 Å². The third-order valence-electron chi connectivity index (χ3n) is 6.84. The van der Waals surface area contributed by atoms with Gasteiger partial charge in [0, 0.05) is 4.47 Å². The average molecular weight is 634 g/mol. The van der Waals surface area contributed by atoms with E-state index in [4.69, 9.17) is 14.2 Å². The molecule has 0 N–H and O–H groups in total. The van der Waals surface area contributed by atoms with Crippen molar-refractivity contribution < 1.29 is 19.0 Å². The zero-order valence-electron chi connectivity index (χ0n) is 24.0. The Labute approximate surface area is 261 Å². The Morgan fingerprint density at radius 3 is 1.67 bits per heavy atom. The van der Waals surface area contributed by atoms with Gasteiger partial charge < -0.3 is 14.2 Å². The fourth-order valence-electron chi connectivity index (χ4n) is 4.76. The SMILES string of the molecule is Brc1cc(OCc2ccccc2)cc2ccccc12.CCOC(=O)Cc1cc(OCc2ccccc2)cc2ccccc12. The first kappa shape index (κ1) is 29.9. The van der Waals surface area contributed by atoms with Crippen molar-refractivity contribution in [3.05, 3.63) is 155 Å². The first-order valence-corrected chi connectivity index (χ1v) is 15.1. The molecule has 0 saturated heterocycles. The Balaban J connectivity index is 0.000000176. The van der Waals surface area contributed by atoms with Crippen molar-refractivity contribution in [2.45, 2.75) is 26.6 Å². The highest BCUT2D eigenvalue weighted by molar-refractivity contribution is 9.10. The Hall–Kier alpha value is -4.61. The molecular weight excluding hydrogens is 600 g/mol. The van der Waals surface area contributed by atoms with E-state index in [-0.39, 0.29) is 12.4 Å². The van der Waals surface area contributed by atoms with Crippen molar-refractivity contribution in [1.82, 2.24) is 0 Å². The van der Waals surface area contributed by atoms with E-state index in [0.29, 0.717) is 19.8 Å². The summed E-state index contributed by atoms with van der Waals surface area (Å²) in [6.07, 6.45) is 0.247. The van der Waals surface area contributed by atoms with Gasteiger partial charge in [0.1, 0.15) is 24.7 Å². The number of esters is 1. The normalized spacial score (nSPS) is 10.6. The maximum Gasteiger partial charge on any atom is 0.310 e. The third-order valence-corrected chi connectivity index (χ3v) is 7.50. The highest BCUT2D eigenvalue weighted by atomic mass is 79.9. The van der Waals surface area contributed by atoms with Crippen LogP contribution in [0, 0.1) is 0 Å². The van der Waals surface area contributed by atoms with E-state index >= 15 is 0 Å². The Morgan fingerprint density at radius 1 is 0.605 bits per heavy atom. The van der Waals surface area contributed by atoms with E-state index in [1.807, 2.05) is 110 Å². The maximum absolute atomic E-state index is 11.9. The first-order valence-electron chi connectivity index (χ1n) is 14.3. The minimum atomic E-state index is -0.220. The molecule has 5 heteroatoms. The van der Waals surface area contributed by atoms with E-state index in [9.17, 15) is 4.79 Å². The number of carbonyl (C=O) groups is 1. The van der Waals surface area contributed by atoms with Gasteiger partial charge in [-0.25, -0.2) is 0 Å². The lowest BCUT2D eigenvalue weighted by molar-refractivity contribution is -0.142. The van der Waals surface area contributed by atoms with Crippen LogP contribution >= 0.6 is 15.9 Å². The molecular formula is C38H33BrO4.